The number of nitrogens with zero attached hydrogens (tertiary/aromatic N) is 3. The number of aromatic nitrogens is 3. The van der Waals surface area contributed by atoms with Gasteiger partial charge < -0.3 is 10.1 Å². The summed E-state index contributed by atoms with van der Waals surface area (Å²) in [4.78, 5) is 16.4. The third-order valence-corrected chi connectivity index (χ3v) is 5.47. The summed E-state index contributed by atoms with van der Waals surface area (Å²) in [6.45, 7) is 2.74. The molecule has 5 nitrogen and oxygen atoms in total. The molecule has 1 unspecified atom stereocenters. The van der Waals surface area contributed by atoms with E-state index in [0.717, 1.165) is 34.9 Å². The quantitative estimate of drug-likeness (QED) is 0.767. The van der Waals surface area contributed by atoms with Crippen molar-refractivity contribution in [2.45, 2.75) is 32.2 Å². The van der Waals surface area contributed by atoms with Crippen LogP contribution in [0.3, 0.4) is 0 Å². The maximum absolute atomic E-state index is 5.26. The van der Waals surface area contributed by atoms with E-state index in [4.69, 9.17) is 14.7 Å². The van der Waals surface area contributed by atoms with Crippen LogP contribution in [-0.2, 0) is 17.6 Å². The molecular weight excluding hydrogens is 320 g/mol. The minimum absolute atomic E-state index is 0.187. The van der Waals surface area contributed by atoms with Crippen molar-refractivity contribution in [1.82, 2.24) is 15.0 Å². The predicted octanol–water partition coefficient (Wildman–Crippen LogP) is 3.69. The van der Waals surface area contributed by atoms with Crippen molar-refractivity contribution in [3.8, 4) is 11.4 Å². The van der Waals surface area contributed by atoms with Crippen molar-refractivity contribution in [3.05, 3.63) is 35.0 Å². The van der Waals surface area contributed by atoms with E-state index < -0.39 is 0 Å². The SMILES string of the molecule is COCC(C)Nc1nc(-c2cccnc2)nc2sc3c(c12)CCC3. The van der Waals surface area contributed by atoms with Gasteiger partial charge >= 0.3 is 0 Å². The molecule has 0 spiro atoms. The molecule has 1 aliphatic carbocycles. The van der Waals surface area contributed by atoms with Crippen LogP contribution in [0, 0.1) is 0 Å². The first-order chi connectivity index (χ1) is 11.8. The third-order valence-electron chi connectivity index (χ3n) is 4.28. The monoisotopic (exact) mass is 340 g/mol. The lowest BCUT2D eigenvalue weighted by Gasteiger charge is -2.15. The summed E-state index contributed by atoms with van der Waals surface area (Å²) in [5.74, 6) is 1.64. The minimum Gasteiger partial charge on any atom is -0.383 e. The molecule has 0 aliphatic heterocycles. The van der Waals surface area contributed by atoms with Crippen LogP contribution in [0.1, 0.15) is 23.8 Å². The smallest absolute Gasteiger partial charge is 0.164 e. The van der Waals surface area contributed by atoms with Gasteiger partial charge in [-0.2, -0.15) is 0 Å². The molecule has 124 valence electrons. The molecule has 3 heterocycles. The number of rotatable bonds is 5. The standard InChI is InChI=1S/C18H20N4OS/c1-11(10-23-2)20-17-15-13-6-3-7-14(13)24-18(15)22-16(21-17)12-5-4-8-19-9-12/h4-5,8-9,11H,3,6-7,10H2,1-2H3,(H,20,21,22). The average molecular weight is 340 g/mol. The van der Waals surface area contributed by atoms with Crippen molar-refractivity contribution in [3.63, 3.8) is 0 Å². The number of ether oxygens (including phenoxy) is 1. The van der Waals surface area contributed by atoms with Gasteiger partial charge in [-0.15, -0.1) is 11.3 Å². The van der Waals surface area contributed by atoms with Gasteiger partial charge in [-0.25, -0.2) is 9.97 Å². The highest BCUT2D eigenvalue weighted by atomic mass is 32.1. The van der Waals surface area contributed by atoms with E-state index in [9.17, 15) is 0 Å². The number of anilines is 1. The molecular formula is C18H20N4OS. The van der Waals surface area contributed by atoms with Crippen LogP contribution in [0.15, 0.2) is 24.5 Å². The van der Waals surface area contributed by atoms with E-state index in [1.165, 1.54) is 22.2 Å². The summed E-state index contributed by atoms with van der Waals surface area (Å²) in [5, 5.41) is 4.72. The van der Waals surface area contributed by atoms with Gasteiger partial charge in [0.05, 0.1) is 12.0 Å². The van der Waals surface area contributed by atoms with Gasteiger partial charge in [0.25, 0.3) is 0 Å². The molecule has 6 heteroatoms. The Bertz CT molecular complexity index is 862. The van der Waals surface area contributed by atoms with Crippen molar-refractivity contribution >= 4 is 27.4 Å². The summed E-state index contributed by atoms with van der Waals surface area (Å²) in [5.41, 5.74) is 2.37. The first-order valence-corrected chi connectivity index (χ1v) is 9.06. The molecule has 4 rings (SSSR count). The number of hydrogen-bond acceptors (Lipinski definition) is 6. The summed E-state index contributed by atoms with van der Waals surface area (Å²) in [6, 6.07) is 4.10. The Labute approximate surface area is 145 Å². The Balaban J connectivity index is 1.85. The van der Waals surface area contributed by atoms with Gasteiger partial charge in [0.2, 0.25) is 0 Å². The van der Waals surface area contributed by atoms with Crippen LogP contribution in [-0.4, -0.2) is 34.7 Å². The highest BCUT2D eigenvalue weighted by Gasteiger charge is 2.23. The molecule has 24 heavy (non-hydrogen) atoms. The van der Waals surface area contributed by atoms with E-state index in [-0.39, 0.29) is 6.04 Å². The zero-order chi connectivity index (χ0) is 16.5. The lowest BCUT2D eigenvalue weighted by molar-refractivity contribution is 0.190. The van der Waals surface area contributed by atoms with Crippen molar-refractivity contribution in [2.24, 2.45) is 0 Å². The topological polar surface area (TPSA) is 59.9 Å². The van der Waals surface area contributed by atoms with E-state index >= 15 is 0 Å². The van der Waals surface area contributed by atoms with Gasteiger partial charge in [-0.05, 0) is 43.9 Å². The summed E-state index contributed by atoms with van der Waals surface area (Å²) >= 11 is 1.81. The Morgan fingerprint density at radius 1 is 1.33 bits per heavy atom. The molecule has 0 amide bonds. The molecule has 0 fully saturated rings. The largest absolute Gasteiger partial charge is 0.383 e. The average Bonchev–Trinajstić information content (AvgIpc) is 3.16. The molecule has 0 saturated carbocycles. The molecule has 0 aromatic carbocycles. The molecule has 1 N–H and O–H groups in total. The van der Waals surface area contributed by atoms with Crippen LogP contribution in [0.25, 0.3) is 21.6 Å². The number of thiophene rings is 1. The lowest BCUT2D eigenvalue weighted by Crippen LogP contribution is -2.22. The second kappa shape index (κ2) is 6.45. The lowest BCUT2D eigenvalue weighted by atomic mass is 10.1. The normalized spacial score (nSPS) is 14.8. The second-order valence-electron chi connectivity index (χ2n) is 6.18. The number of hydrogen-bond donors (Lipinski definition) is 1. The first-order valence-electron chi connectivity index (χ1n) is 8.24. The van der Waals surface area contributed by atoms with Gasteiger partial charge in [0, 0.05) is 36.0 Å². The zero-order valence-corrected chi connectivity index (χ0v) is 14.7. The Hall–Kier alpha value is -2.05. The predicted molar refractivity (Wildman–Crippen MR) is 97.6 cm³/mol. The Morgan fingerprint density at radius 2 is 2.25 bits per heavy atom. The molecule has 1 aliphatic rings. The molecule has 1 atom stereocenters. The fourth-order valence-corrected chi connectivity index (χ4v) is 4.51. The molecule has 0 saturated heterocycles. The minimum atomic E-state index is 0.187. The fraction of sp³-hybridized carbons (Fsp3) is 0.389. The number of fused-ring (bicyclic) bond motifs is 3. The van der Waals surface area contributed by atoms with E-state index in [0.29, 0.717) is 6.61 Å². The van der Waals surface area contributed by atoms with E-state index in [1.807, 2.05) is 29.7 Å². The van der Waals surface area contributed by atoms with Gasteiger partial charge in [-0.1, -0.05) is 0 Å². The fourth-order valence-electron chi connectivity index (χ4n) is 3.25. The molecule has 3 aromatic rings. The number of pyridine rings is 1. The van der Waals surface area contributed by atoms with Crippen LogP contribution in [0.5, 0.6) is 0 Å². The third kappa shape index (κ3) is 2.76. The van der Waals surface area contributed by atoms with Crippen molar-refractivity contribution < 1.29 is 4.74 Å². The zero-order valence-electron chi connectivity index (χ0n) is 13.9. The maximum atomic E-state index is 5.26. The van der Waals surface area contributed by atoms with Crippen molar-refractivity contribution in [1.29, 1.82) is 0 Å². The highest BCUT2D eigenvalue weighted by Crippen LogP contribution is 2.40. The van der Waals surface area contributed by atoms with Crippen LogP contribution in [0.2, 0.25) is 0 Å². The van der Waals surface area contributed by atoms with E-state index in [2.05, 4.69) is 17.2 Å². The highest BCUT2D eigenvalue weighted by molar-refractivity contribution is 7.19. The van der Waals surface area contributed by atoms with Crippen LogP contribution < -0.4 is 5.32 Å². The Kier molecular flexibility index (Phi) is 4.16. The van der Waals surface area contributed by atoms with E-state index in [1.54, 1.807) is 13.3 Å². The summed E-state index contributed by atoms with van der Waals surface area (Å²) in [6.07, 6.45) is 7.09. The molecule has 0 bridgehead atoms. The van der Waals surface area contributed by atoms with Gasteiger partial charge in [0.15, 0.2) is 5.82 Å². The van der Waals surface area contributed by atoms with Crippen LogP contribution in [0.4, 0.5) is 5.82 Å². The van der Waals surface area contributed by atoms with Gasteiger partial charge in [-0.3, -0.25) is 4.98 Å². The molecule has 0 radical (unpaired) electrons. The maximum Gasteiger partial charge on any atom is 0.164 e. The number of aryl methyl sites for hydroxylation is 2. The number of methoxy groups -OCH3 is 1. The first kappa shape index (κ1) is 15.5. The molecule has 3 aromatic heterocycles. The van der Waals surface area contributed by atoms with Crippen molar-refractivity contribution in [2.75, 3.05) is 19.0 Å². The Morgan fingerprint density at radius 3 is 3.04 bits per heavy atom. The number of nitrogens with one attached hydrogen (secondary N) is 1. The van der Waals surface area contributed by atoms with Gasteiger partial charge in [0.1, 0.15) is 10.6 Å². The second-order valence-corrected chi connectivity index (χ2v) is 7.26. The van der Waals surface area contributed by atoms with Crippen LogP contribution >= 0.6 is 11.3 Å². The summed E-state index contributed by atoms with van der Waals surface area (Å²) in [7, 11) is 1.72. The summed E-state index contributed by atoms with van der Waals surface area (Å²) < 4.78 is 5.26.